The van der Waals surface area contributed by atoms with Gasteiger partial charge in [-0.25, -0.2) is 0 Å². The van der Waals surface area contributed by atoms with Crippen LogP contribution in [0, 0.1) is 0 Å². The summed E-state index contributed by atoms with van der Waals surface area (Å²) in [4.78, 5) is 17.0. The highest BCUT2D eigenvalue weighted by Gasteiger charge is 2.31. The Balaban J connectivity index is 1.24. The number of anilines is 1. The van der Waals surface area contributed by atoms with Gasteiger partial charge in [0, 0.05) is 29.7 Å². The average molecular weight is 458 g/mol. The number of rotatable bonds is 8. The van der Waals surface area contributed by atoms with Crippen LogP contribution in [0.3, 0.4) is 0 Å². The van der Waals surface area contributed by atoms with Gasteiger partial charge in [-0.2, -0.15) is 0 Å². The highest BCUT2D eigenvalue weighted by atomic mass is 32.2. The normalized spacial score (nSPS) is 14.0. The van der Waals surface area contributed by atoms with Gasteiger partial charge in [0.05, 0.1) is 5.25 Å². The molecule has 1 unspecified atom stereocenters. The zero-order valence-electron chi connectivity index (χ0n) is 18.1. The molecule has 0 spiro atoms. The van der Waals surface area contributed by atoms with Crippen LogP contribution in [-0.4, -0.2) is 30.9 Å². The number of para-hydroxylation sites is 1. The molecule has 8 heteroatoms. The minimum Gasteiger partial charge on any atom is -0.457 e. The second-order valence-electron chi connectivity index (χ2n) is 7.84. The minimum absolute atomic E-state index is 0.0926. The first-order chi connectivity index (χ1) is 16.2. The van der Waals surface area contributed by atoms with Gasteiger partial charge in [0.1, 0.15) is 11.5 Å². The number of pyridine rings is 1. The smallest absolute Gasteiger partial charge is 0.237 e. The number of hydrogen-bond donors (Lipinski definition) is 1. The van der Waals surface area contributed by atoms with Crippen LogP contribution in [0.2, 0.25) is 0 Å². The molecule has 1 atom stereocenters. The van der Waals surface area contributed by atoms with E-state index >= 15 is 0 Å². The molecule has 2 aromatic carbocycles. The fourth-order valence-electron chi connectivity index (χ4n) is 3.40. The number of hydrogen-bond acceptors (Lipinski definition) is 6. The van der Waals surface area contributed by atoms with Crippen LogP contribution in [0.25, 0.3) is 11.4 Å². The average Bonchev–Trinajstić information content (AvgIpc) is 3.61. The van der Waals surface area contributed by atoms with Crippen molar-refractivity contribution in [2.75, 3.05) is 5.32 Å². The number of carbonyl (C=O) groups excluding carboxylic acids is 1. The molecule has 1 aliphatic carbocycles. The molecular formula is C25H23N5O2S. The number of benzene rings is 2. The molecule has 0 radical (unpaired) electrons. The molecule has 4 aromatic rings. The summed E-state index contributed by atoms with van der Waals surface area (Å²) in [5, 5.41) is 12.2. The van der Waals surface area contributed by atoms with Crippen molar-refractivity contribution in [3.63, 3.8) is 0 Å². The molecule has 2 aromatic heterocycles. The summed E-state index contributed by atoms with van der Waals surface area (Å²) < 4.78 is 7.95. The van der Waals surface area contributed by atoms with Crippen LogP contribution in [0.5, 0.6) is 11.5 Å². The Labute approximate surface area is 196 Å². The van der Waals surface area contributed by atoms with Gasteiger partial charge in [-0.3, -0.25) is 14.3 Å². The first kappa shape index (κ1) is 21.2. The molecular weight excluding hydrogens is 434 g/mol. The summed E-state index contributed by atoms with van der Waals surface area (Å²) in [5.74, 6) is 2.19. The SMILES string of the molecule is CC(Sc1nnc(-c2cccnc2)n1C1CC1)C(=O)Nc1ccc(Oc2ccccc2)cc1. The summed E-state index contributed by atoms with van der Waals surface area (Å²) in [6, 6.07) is 21.2. The van der Waals surface area contributed by atoms with E-state index in [0.717, 1.165) is 35.1 Å². The van der Waals surface area contributed by atoms with E-state index in [4.69, 9.17) is 4.74 Å². The zero-order chi connectivity index (χ0) is 22.6. The van der Waals surface area contributed by atoms with Crippen molar-refractivity contribution in [2.45, 2.75) is 36.2 Å². The van der Waals surface area contributed by atoms with E-state index in [9.17, 15) is 4.79 Å². The van der Waals surface area contributed by atoms with Crippen LogP contribution in [0.1, 0.15) is 25.8 Å². The van der Waals surface area contributed by atoms with Gasteiger partial charge in [0.2, 0.25) is 5.91 Å². The van der Waals surface area contributed by atoms with Crippen molar-refractivity contribution in [1.29, 1.82) is 0 Å². The second-order valence-corrected chi connectivity index (χ2v) is 9.15. The maximum atomic E-state index is 12.8. The van der Waals surface area contributed by atoms with Crippen molar-refractivity contribution >= 4 is 23.4 Å². The van der Waals surface area contributed by atoms with E-state index in [1.165, 1.54) is 11.8 Å². The fraction of sp³-hybridized carbons (Fsp3) is 0.200. The second kappa shape index (κ2) is 9.46. The van der Waals surface area contributed by atoms with Gasteiger partial charge in [0.15, 0.2) is 11.0 Å². The first-order valence-corrected chi connectivity index (χ1v) is 11.7. The van der Waals surface area contributed by atoms with Crippen LogP contribution < -0.4 is 10.1 Å². The number of amides is 1. The number of carbonyl (C=O) groups is 1. The van der Waals surface area contributed by atoms with Crippen molar-refractivity contribution in [1.82, 2.24) is 19.7 Å². The summed E-state index contributed by atoms with van der Waals surface area (Å²) in [5.41, 5.74) is 1.64. The Morgan fingerprint density at radius 2 is 1.79 bits per heavy atom. The zero-order valence-corrected chi connectivity index (χ0v) is 18.9. The van der Waals surface area contributed by atoms with E-state index in [1.807, 2.05) is 73.7 Å². The summed E-state index contributed by atoms with van der Waals surface area (Å²) in [6.07, 6.45) is 5.72. The monoisotopic (exact) mass is 457 g/mol. The summed E-state index contributed by atoms with van der Waals surface area (Å²) >= 11 is 1.42. The lowest BCUT2D eigenvalue weighted by Gasteiger charge is -2.14. The van der Waals surface area contributed by atoms with Gasteiger partial charge in [0.25, 0.3) is 0 Å². The van der Waals surface area contributed by atoms with Gasteiger partial charge >= 0.3 is 0 Å². The van der Waals surface area contributed by atoms with Crippen molar-refractivity contribution in [2.24, 2.45) is 0 Å². The molecule has 1 amide bonds. The lowest BCUT2D eigenvalue weighted by molar-refractivity contribution is -0.115. The van der Waals surface area contributed by atoms with Crippen LogP contribution in [-0.2, 0) is 4.79 Å². The molecule has 1 fully saturated rings. The largest absolute Gasteiger partial charge is 0.457 e. The van der Waals surface area contributed by atoms with Gasteiger partial charge in [-0.15, -0.1) is 10.2 Å². The molecule has 7 nitrogen and oxygen atoms in total. The molecule has 5 rings (SSSR count). The quantitative estimate of drug-likeness (QED) is 0.348. The standard InChI is InChI=1S/C25H23N5O2S/c1-17(24(31)27-19-9-13-22(14-10-19)32-21-7-3-2-4-8-21)33-25-29-28-23(30(25)20-11-12-20)18-6-5-15-26-16-18/h2-10,13-17,20H,11-12H2,1H3,(H,27,31). The maximum absolute atomic E-state index is 12.8. The number of ether oxygens (including phenoxy) is 1. The summed E-state index contributed by atoms with van der Waals surface area (Å²) in [6.45, 7) is 1.88. The molecule has 2 heterocycles. The van der Waals surface area contributed by atoms with E-state index in [2.05, 4.69) is 25.1 Å². The van der Waals surface area contributed by atoms with Gasteiger partial charge < -0.3 is 10.1 Å². The van der Waals surface area contributed by atoms with E-state index < -0.39 is 0 Å². The molecule has 0 aliphatic heterocycles. The molecule has 0 bridgehead atoms. The van der Waals surface area contributed by atoms with E-state index in [-0.39, 0.29) is 11.2 Å². The van der Waals surface area contributed by atoms with Crippen LogP contribution in [0.15, 0.2) is 84.3 Å². The number of aromatic nitrogens is 4. The Kier molecular flexibility index (Phi) is 6.08. The predicted molar refractivity (Wildman–Crippen MR) is 128 cm³/mol. The maximum Gasteiger partial charge on any atom is 0.237 e. The van der Waals surface area contributed by atoms with Crippen molar-refractivity contribution in [3.8, 4) is 22.9 Å². The molecule has 33 heavy (non-hydrogen) atoms. The van der Waals surface area contributed by atoms with E-state index in [0.29, 0.717) is 17.5 Å². The minimum atomic E-state index is -0.339. The Morgan fingerprint density at radius 3 is 2.48 bits per heavy atom. The highest BCUT2D eigenvalue weighted by Crippen LogP contribution is 2.41. The topological polar surface area (TPSA) is 81.9 Å². The first-order valence-electron chi connectivity index (χ1n) is 10.8. The van der Waals surface area contributed by atoms with Gasteiger partial charge in [-0.05, 0) is 68.3 Å². The molecule has 1 saturated carbocycles. The number of nitrogens with one attached hydrogen (secondary N) is 1. The Morgan fingerprint density at radius 1 is 1.03 bits per heavy atom. The third kappa shape index (κ3) is 5.06. The van der Waals surface area contributed by atoms with Crippen molar-refractivity contribution in [3.05, 3.63) is 79.1 Å². The van der Waals surface area contributed by atoms with Gasteiger partial charge in [-0.1, -0.05) is 30.0 Å². The Hall–Kier alpha value is -3.65. The summed E-state index contributed by atoms with van der Waals surface area (Å²) in [7, 11) is 0. The third-order valence-electron chi connectivity index (χ3n) is 5.25. The third-order valence-corrected chi connectivity index (χ3v) is 6.31. The number of nitrogens with zero attached hydrogens (tertiary/aromatic N) is 4. The molecule has 166 valence electrons. The van der Waals surface area contributed by atoms with Crippen molar-refractivity contribution < 1.29 is 9.53 Å². The van der Waals surface area contributed by atoms with Crippen LogP contribution >= 0.6 is 11.8 Å². The van der Waals surface area contributed by atoms with E-state index in [1.54, 1.807) is 12.4 Å². The predicted octanol–water partition coefficient (Wildman–Crippen LogP) is 5.59. The lowest BCUT2D eigenvalue weighted by Crippen LogP contribution is -2.22. The Bertz CT molecular complexity index is 1220. The number of thioether (sulfide) groups is 1. The molecule has 1 N–H and O–H groups in total. The molecule has 0 saturated heterocycles. The highest BCUT2D eigenvalue weighted by molar-refractivity contribution is 8.00. The fourth-order valence-corrected chi connectivity index (χ4v) is 4.32. The van der Waals surface area contributed by atoms with Crippen LogP contribution in [0.4, 0.5) is 5.69 Å². The lowest BCUT2D eigenvalue weighted by atomic mass is 10.3. The molecule has 1 aliphatic rings.